The minimum Gasteiger partial charge on any atom is -0.478 e. The molecule has 0 fully saturated rings. The Bertz CT molecular complexity index is 674. The Morgan fingerprint density at radius 1 is 1.26 bits per heavy atom. The number of aromatic carboxylic acids is 1. The van der Waals surface area contributed by atoms with E-state index < -0.39 is 5.97 Å². The van der Waals surface area contributed by atoms with E-state index in [4.69, 9.17) is 0 Å². The maximum Gasteiger partial charge on any atom is 0.338 e. The summed E-state index contributed by atoms with van der Waals surface area (Å²) in [4.78, 5) is 17.7. The highest BCUT2D eigenvalue weighted by Gasteiger charge is 2.13. The van der Waals surface area contributed by atoms with E-state index in [1.165, 1.54) is 23.0 Å². The summed E-state index contributed by atoms with van der Waals surface area (Å²) >= 11 is 1.46. The molecule has 0 saturated carbocycles. The molecule has 0 amide bonds. The van der Waals surface area contributed by atoms with Gasteiger partial charge in [-0.05, 0) is 29.7 Å². The molecule has 122 valence electrons. The van der Waals surface area contributed by atoms with Crippen LogP contribution in [0, 0.1) is 5.92 Å². The zero-order valence-corrected chi connectivity index (χ0v) is 14.5. The molecule has 0 aliphatic heterocycles. The van der Waals surface area contributed by atoms with Crippen molar-refractivity contribution in [3.63, 3.8) is 0 Å². The Labute approximate surface area is 141 Å². The van der Waals surface area contributed by atoms with Gasteiger partial charge >= 0.3 is 5.97 Å². The van der Waals surface area contributed by atoms with Gasteiger partial charge in [0.25, 0.3) is 0 Å². The number of nitrogens with zero attached hydrogens (tertiary/aromatic N) is 2. The van der Waals surface area contributed by atoms with Gasteiger partial charge in [-0.15, -0.1) is 11.8 Å². The first kappa shape index (κ1) is 17.3. The smallest absolute Gasteiger partial charge is 0.338 e. The Morgan fingerprint density at radius 2 is 2.00 bits per heavy atom. The fourth-order valence-electron chi connectivity index (χ4n) is 2.47. The highest BCUT2D eigenvalue weighted by molar-refractivity contribution is 7.98. The molecule has 0 radical (unpaired) electrons. The van der Waals surface area contributed by atoms with Crippen molar-refractivity contribution < 1.29 is 9.90 Å². The second kappa shape index (κ2) is 8.02. The third kappa shape index (κ3) is 4.73. The third-order valence-corrected chi connectivity index (χ3v) is 4.46. The SMILES string of the molecule is CC(C)CN(C)c1ccccc1CSc1ncccc1C(=O)O. The van der Waals surface area contributed by atoms with Gasteiger partial charge in [-0.2, -0.15) is 0 Å². The van der Waals surface area contributed by atoms with Crippen LogP contribution in [-0.2, 0) is 5.75 Å². The average Bonchev–Trinajstić information content (AvgIpc) is 2.52. The van der Waals surface area contributed by atoms with Crippen LogP contribution < -0.4 is 4.90 Å². The molecule has 2 aromatic rings. The fraction of sp³-hybridized carbons (Fsp3) is 0.333. The number of rotatable bonds is 7. The van der Waals surface area contributed by atoms with Crippen LogP contribution in [0.5, 0.6) is 0 Å². The zero-order chi connectivity index (χ0) is 16.8. The van der Waals surface area contributed by atoms with Gasteiger partial charge in [0.05, 0.1) is 5.56 Å². The number of carbonyl (C=O) groups is 1. The maximum atomic E-state index is 11.3. The number of aromatic nitrogens is 1. The molecule has 0 spiro atoms. The minimum absolute atomic E-state index is 0.255. The molecule has 1 N–H and O–H groups in total. The number of pyridine rings is 1. The Balaban J connectivity index is 2.17. The average molecular weight is 330 g/mol. The number of para-hydroxylation sites is 1. The molecule has 2 rings (SSSR count). The van der Waals surface area contributed by atoms with Gasteiger partial charge in [-0.25, -0.2) is 9.78 Å². The molecule has 0 atom stereocenters. The molecule has 0 aliphatic carbocycles. The third-order valence-electron chi connectivity index (χ3n) is 3.41. The fourth-order valence-corrected chi connectivity index (χ4v) is 3.45. The van der Waals surface area contributed by atoms with Crippen LogP contribution in [0.25, 0.3) is 0 Å². The number of thioether (sulfide) groups is 1. The van der Waals surface area contributed by atoms with Crippen LogP contribution in [0.15, 0.2) is 47.6 Å². The van der Waals surface area contributed by atoms with Gasteiger partial charge < -0.3 is 10.0 Å². The lowest BCUT2D eigenvalue weighted by Crippen LogP contribution is -2.23. The van der Waals surface area contributed by atoms with Gasteiger partial charge in [0.1, 0.15) is 5.03 Å². The highest BCUT2D eigenvalue weighted by atomic mass is 32.2. The zero-order valence-electron chi connectivity index (χ0n) is 13.7. The van der Waals surface area contributed by atoms with Crippen LogP contribution in [0.2, 0.25) is 0 Å². The van der Waals surface area contributed by atoms with Gasteiger partial charge in [-0.1, -0.05) is 32.0 Å². The van der Waals surface area contributed by atoms with Crippen LogP contribution in [0.3, 0.4) is 0 Å². The molecule has 0 aliphatic rings. The summed E-state index contributed by atoms with van der Waals surface area (Å²) in [5.41, 5.74) is 2.62. The van der Waals surface area contributed by atoms with E-state index in [9.17, 15) is 9.90 Å². The van der Waals surface area contributed by atoms with E-state index in [2.05, 4.69) is 42.9 Å². The van der Waals surface area contributed by atoms with E-state index >= 15 is 0 Å². The van der Waals surface area contributed by atoms with Crippen molar-refractivity contribution in [1.82, 2.24) is 4.98 Å². The van der Waals surface area contributed by atoms with Gasteiger partial charge in [0, 0.05) is 31.2 Å². The predicted molar refractivity (Wildman–Crippen MR) is 95.3 cm³/mol. The number of hydrogen-bond acceptors (Lipinski definition) is 4. The van der Waals surface area contributed by atoms with Crippen LogP contribution >= 0.6 is 11.8 Å². The molecular formula is C18H22N2O2S. The summed E-state index contributed by atoms with van der Waals surface area (Å²) in [6.07, 6.45) is 1.63. The lowest BCUT2D eigenvalue weighted by molar-refractivity contribution is 0.0692. The lowest BCUT2D eigenvalue weighted by Gasteiger charge is -2.24. The first-order valence-corrected chi connectivity index (χ1v) is 8.57. The van der Waals surface area contributed by atoms with E-state index in [1.54, 1.807) is 18.3 Å². The van der Waals surface area contributed by atoms with E-state index in [1.807, 2.05) is 12.1 Å². The van der Waals surface area contributed by atoms with Gasteiger partial charge in [-0.3, -0.25) is 0 Å². The summed E-state index contributed by atoms with van der Waals surface area (Å²) in [6, 6.07) is 11.5. The van der Waals surface area contributed by atoms with Crippen LogP contribution in [0.4, 0.5) is 5.69 Å². The van der Waals surface area contributed by atoms with Crippen LogP contribution in [-0.4, -0.2) is 29.7 Å². The Morgan fingerprint density at radius 3 is 2.70 bits per heavy atom. The quantitative estimate of drug-likeness (QED) is 0.772. The number of hydrogen-bond donors (Lipinski definition) is 1. The second-order valence-electron chi connectivity index (χ2n) is 5.85. The highest BCUT2D eigenvalue weighted by Crippen LogP contribution is 2.29. The minimum atomic E-state index is -0.939. The first-order chi connectivity index (χ1) is 11.0. The summed E-state index contributed by atoms with van der Waals surface area (Å²) in [5, 5.41) is 9.80. The van der Waals surface area contributed by atoms with E-state index in [-0.39, 0.29) is 5.56 Å². The molecule has 0 bridgehead atoms. The standard InChI is InChI=1S/C18H22N2O2S/c1-13(2)11-20(3)16-9-5-4-7-14(16)12-23-17-15(18(21)22)8-6-10-19-17/h4-10,13H,11-12H2,1-3H3,(H,21,22). The van der Waals surface area contributed by atoms with Gasteiger partial charge in [0.2, 0.25) is 0 Å². The van der Waals surface area contributed by atoms with Crippen molar-refractivity contribution in [3.05, 3.63) is 53.7 Å². The summed E-state index contributed by atoms with van der Waals surface area (Å²) in [6.45, 7) is 5.37. The summed E-state index contributed by atoms with van der Waals surface area (Å²) in [7, 11) is 2.09. The largest absolute Gasteiger partial charge is 0.478 e. The van der Waals surface area contributed by atoms with E-state index in [0.717, 1.165) is 6.54 Å². The molecule has 0 unspecified atom stereocenters. The predicted octanol–water partition coefficient (Wildman–Crippen LogP) is 4.16. The number of benzene rings is 1. The Kier molecular flexibility index (Phi) is 6.04. The molecule has 0 saturated heterocycles. The monoisotopic (exact) mass is 330 g/mol. The molecule has 4 nitrogen and oxygen atoms in total. The normalized spacial score (nSPS) is 10.8. The molecular weight excluding hydrogens is 308 g/mol. The second-order valence-corrected chi connectivity index (χ2v) is 6.82. The van der Waals surface area contributed by atoms with Crippen molar-refractivity contribution in [2.24, 2.45) is 5.92 Å². The summed E-state index contributed by atoms with van der Waals surface area (Å²) in [5.74, 6) is 0.330. The molecule has 1 heterocycles. The van der Waals surface area contributed by atoms with E-state index in [0.29, 0.717) is 16.7 Å². The number of anilines is 1. The van der Waals surface area contributed by atoms with Crippen molar-refractivity contribution >= 4 is 23.4 Å². The van der Waals surface area contributed by atoms with Crippen molar-refractivity contribution in [2.45, 2.75) is 24.6 Å². The van der Waals surface area contributed by atoms with Crippen molar-refractivity contribution in [1.29, 1.82) is 0 Å². The number of carboxylic acids is 1. The van der Waals surface area contributed by atoms with Crippen molar-refractivity contribution in [3.8, 4) is 0 Å². The first-order valence-electron chi connectivity index (χ1n) is 7.59. The van der Waals surface area contributed by atoms with Gasteiger partial charge in [0.15, 0.2) is 0 Å². The summed E-state index contributed by atoms with van der Waals surface area (Å²) < 4.78 is 0. The Hall–Kier alpha value is -2.01. The van der Waals surface area contributed by atoms with Crippen molar-refractivity contribution in [2.75, 3.05) is 18.5 Å². The molecule has 5 heteroatoms. The molecule has 1 aromatic carbocycles. The topological polar surface area (TPSA) is 53.4 Å². The van der Waals surface area contributed by atoms with Crippen LogP contribution in [0.1, 0.15) is 29.8 Å². The molecule has 23 heavy (non-hydrogen) atoms. The number of carboxylic acid groups (broad SMARTS) is 1. The lowest BCUT2D eigenvalue weighted by atomic mass is 10.1. The maximum absolute atomic E-state index is 11.3. The molecule has 1 aromatic heterocycles.